The van der Waals surface area contributed by atoms with Crippen LogP contribution in [0.2, 0.25) is 0 Å². The normalized spacial score (nSPS) is 18.1. The highest BCUT2D eigenvalue weighted by Gasteiger charge is 2.34. The van der Waals surface area contributed by atoms with Crippen LogP contribution in [-0.4, -0.2) is 69.2 Å². The van der Waals surface area contributed by atoms with E-state index in [1.54, 1.807) is 18.0 Å². The Labute approximate surface area is 205 Å². The lowest BCUT2D eigenvalue weighted by Crippen LogP contribution is -2.40. The number of aromatic nitrogens is 3. The maximum absolute atomic E-state index is 13.5. The summed E-state index contributed by atoms with van der Waals surface area (Å²) in [5.41, 5.74) is 3.61. The van der Waals surface area contributed by atoms with E-state index in [1.165, 1.54) is 5.56 Å². The molecule has 9 nitrogen and oxygen atoms in total. The van der Waals surface area contributed by atoms with E-state index in [2.05, 4.69) is 11.1 Å². The van der Waals surface area contributed by atoms with Gasteiger partial charge in [-0.25, -0.2) is 0 Å². The summed E-state index contributed by atoms with van der Waals surface area (Å²) in [4.78, 5) is 34.6. The minimum atomic E-state index is -0.187. The molecule has 5 rings (SSSR count). The van der Waals surface area contributed by atoms with Crippen LogP contribution in [0.3, 0.4) is 0 Å². The molecule has 2 amide bonds. The monoisotopic (exact) mass is 479 g/mol. The smallest absolute Gasteiger partial charge is 0.292 e. The lowest BCUT2D eigenvalue weighted by atomic mass is 10.0. The molecule has 5 heterocycles. The predicted molar refractivity (Wildman–Crippen MR) is 128 cm³/mol. The third-order valence-corrected chi connectivity index (χ3v) is 6.99. The average Bonchev–Trinajstić information content (AvgIpc) is 3.27. The van der Waals surface area contributed by atoms with Crippen molar-refractivity contribution in [3.05, 3.63) is 58.6 Å². The number of ether oxygens (including phenoxy) is 2. The molecule has 3 aliphatic rings. The molecule has 0 unspecified atom stereocenters. The van der Waals surface area contributed by atoms with Crippen LogP contribution in [0.4, 0.5) is 0 Å². The van der Waals surface area contributed by atoms with Gasteiger partial charge in [-0.3, -0.25) is 19.3 Å². The van der Waals surface area contributed by atoms with Gasteiger partial charge in [0.05, 0.1) is 6.54 Å². The zero-order valence-electron chi connectivity index (χ0n) is 20.4. The summed E-state index contributed by atoms with van der Waals surface area (Å²) < 4.78 is 13.1. The Hall–Kier alpha value is -3.36. The van der Waals surface area contributed by atoms with Gasteiger partial charge in [0.2, 0.25) is 5.76 Å². The lowest BCUT2D eigenvalue weighted by molar-refractivity contribution is -0.133. The van der Waals surface area contributed by atoms with Crippen LogP contribution >= 0.6 is 0 Å². The van der Waals surface area contributed by atoms with Crippen molar-refractivity contribution >= 4 is 11.8 Å². The highest BCUT2D eigenvalue weighted by molar-refractivity contribution is 5.95. The highest BCUT2D eigenvalue weighted by Crippen LogP contribution is 2.27. The second-order valence-electron chi connectivity index (χ2n) is 9.37. The van der Waals surface area contributed by atoms with Crippen molar-refractivity contribution in [1.82, 2.24) is 24.6 Å². The van der Waals surface area contributed by atoms with Gasteiger partial charge in [-0.05, 0) is 50.7 Å². The molecule has 0 aliphatic carbocycles. The number of pyridine rings is 1. The SMILES string of the molecule is CC1=C(C(=O)N2CCc3c(c(C(=O)N4CCCCC4)nn3CCCc3cccnc3)C2)OCCO1. The van der Waals surface area contributed by atoms with E-state index in [-0.39, 0.29) is 17.6 Å². The van der Waals surface area contributed by atoms with Crippen LogP contribution in [-0.2, 0) is 40.2 Å². The Kier molecular flexibility index (Phi) is 7.01. The van der Waals surface area contributed by atoms with Crippen LogP contribution < -0.4 is 0 Å². The Balaban J connectivity index is 1.38. The summed E-state index contributed by atoms with van der Waals surface area (Å²) in [6, 6.07) is 4.03. The van der Waals surface area contributed by atoms with Crippen molar-refractivity contribution in [2.24, 2.45) is 0 Å². The Morgan fingerprint density at radius 3 is 2.63 bits per heavy atom. The van der Waals surface area contributed by atoms with E-state index in [4.69, 9.17) is 14.6 Å². The van der Waals surface area contributed by atoms with E-state index in [0.717, 1.165) is 63.0 Å². The number of nitrogens with zero attached hydrogens (tertiary/aromatic N) is 5. The van der Waals surface area contributed by atoms with Crippen molar-refractivity contribution in [3.8, 4) is 0 Å². The molecule has 0 saturated carbocycles. The van der Waals surface area contributed by atoms with Crippen molar-refractivity contribution < 1.29 is 19.1 Å². The van der Waals surface area contributed by atoms with Gasteiger partial charge in [0.1, 0.15) is 19.0 Å². The van der Waals surface area contributed by atoms with Gasteiger partial charge in [-0.2, -0.15) is 5.10 Å². The van der Waals surface area contributed by atoms with E-state index in [9.17, 15) is 9.59 Å². The first-order valence-corrected chi connectivity index (χ1v) is 12.6. The number of likely N-dealkylation sites (tertiary alicyclic amines) is 1. The van der Waals surface area contributed by atoms with E-state index in [0.29, 0.717) is 44.2 Å². The number of aryl methyl sites for hydroxylation is 2. The molecule has 3 aliphatic heterocycles. The summed E-state index contributed by atoms with van der Waals surface area (Å²) in [5, 5.41) is 4.82. The molecule has 0 bridgehead atoms. The molecular weight excluding hydrogens is 446 g/mol. The van der Waals surface area contributed by atoms with Crippen molar-refractivity contribution in [2.75, 3.05) is 32.8 Å². The number of allylic oxidation sites excluding steroid dienone is 1. The van der Waals surface area contributed by atoms with Gasteiger partial charge >= 0.3 is 0 Å². The van der Waals surface area contributed by atoms with Crippen LogP contribution in [0.1, 0.15) is 59.9 Å². The largest absolute Gasteiger partial charge is 0.491 e. The summed E-state index contributed by atoms with van der Waals surface area (Å²) in [6.07, 6.45) is 9.32. The standard InChI is InChI=1S/C26H33N5O4/c1-19-24(35-16-15-34-19)26(33)30-14-9-22-21(18-30)23(25(32)29-11-3-2-4-12-29)28-31(22)13-6-8-20-7-5-10-27-17-20/h5,7,10,17H,2-4,6,8-9,11-16,18H2,1H3. The van der Waals surface area contributed by atoms with Gasteiger partial charge in [0.25, 0.3) is 11.8 Å². The van der Waals surface area contributed by atoms with Gasteiger partial charge in [-0.1, -0.05) is 6.07 Å². The molecule has 35 heavy (non-hydrogen) atoms. The zero-order valence-corrected chi connectivity index (χ0v) is 20.4. The number of fused-ring (bicyclic) bond motifs is 1. The minimum absolute atomic E-state index is 0.0195. The number of rotatable bonds is 6. The first-order valence-electron chi connectivity index (χ1n) is 12.6. The van der Waals surface area contributed by atoms with E-state index >= 15 is 0 Å². The fourth-order valence-electron chi connectivity index (χ4n) is 5.11. The Bertz CT molecular complexity index is 1100. The summed E-state index contributed by atoms with van der Waals surface area (Å²) in [7, 11) is 0. The van der Waals surface area contributed by atoms with Crippen molar-refractivity contribution in [3.63, 3.8) is 0 Å². The molecule has 0 atom stereocenters. The number of piperidine rings is 1. The van der Waals surface area contributed by atoms with Gasteiger partial charge in [0.15, 0.2) is 5.69 Å². The highest BCUT2D eigenvalue weighted by atomic mass is 16.6. The fraction of sp³-hybridized carbons (Fsp3) is 0.538. The number of carbonyl (C=O) groups is 2. The molecular formula is C26H33N5O4. The summed E-state index contributed by atoms with van der Waals surface area (Å²) in [6.45, 7) is 5.73. The third kappa shape index (κ3) is 5.04. The molecule has 1 fully saturated rings. The number of hydrogen-bond donors (Lipinski definition) is 0. The first kappa shape index (κ1) is 23.4. The molecule has 9 heteroatoms. The minimum Gasteiger partial charge on any atom is -0.491 e. The first-order chi connectivity index (χ1) is 17.1. The van der Waals surface area contributed by atoms with Gasteiger partial charge in [-0.15, -0.1) is 0 Å². The van der Waals surface area contributed by atoms with Crippen LogP contribution in [0.5, 0.6) is 0 Å². The summed E-state index contributed by atoms with van der Waals surface area (Å²) >= 11 is 0. The average molecular weight is 480 g/mol. The van der Waals surface area contributed by atoms with Crippen molar-refractivity contribution in [1.29, 1.82) is 0 Å². The molecule has 1 saturated heterocycles. The fourth-order valence-corrected chi connectivity index (χ4v) is 5.11. The molecule has 2 aromatic rings. The van der Waals surface area contributed by atoms with Crippen LogP contribution in [0.25, 0.3) is 0 Å². The molecule has 0 N–H and O–H groups in total. The quantitative estimate of drug-likeness (QED) is 0.633. The molecule has 186 valence electrons. The molecule has 0 radical (unpaired) electrons. The van der Waals surface area contributed by atoms with Crippen molar-refractivity contribution in [2.45, 2.75) is 58.5 Å². The Morgan fingerprint density at radius 1 is 1.03 bits per heavy atom. The summed E-state index contributed by atoms with van der Waals surface area (Å²) in [5.74, 6) is 0.581. The molecule has 0 aromatic carbocycles. The third-order valence-electron chi connectivity index (χ3n) is 6.99. The van der Waals surface area contributed by atoms with E-state index < -0.39 is 0 Å². The lowest BCUT2D eigenvalue weighted by Gasteiger charge is -2.31. The second-order valence-corrected chi connectivity index (χ2v) is 9.37. The molecule has 2 aromatic heterocycles. The van der Waals surface area contributed by atoms with Gasteiger partial charge < -0.3 is 19.3 Å². The number of carbonyl (C=O) groups excluding carboxylic acids is 2. The second kappa shape index (κ2) is 10.5. The van der Waals surface area contributed by atoms with E-state index in [1.807, 2.05) is 21.8 Å². The number of hydrogen-bond acceptors (Lipinski definition) is 6. The number of amides is 2. The Morgan fingerprint density at radius 2 is 1.86 bits per heavy atom. The maximum Gasteiger partial charge on any atom is 0.292 e. The topological polar surface area (TPSA) is 89.8 Å². The molecule has 0 spiro atoms. The van der Waals surface area contributed by atoms with Crippen LogP contribution in [0.15, 0.2) is 36.0 Å². The zero-order chi connectivity index (χ0) is 24.2. The predicted octanol–water partition coefficient (Wildman–Crippen LogP) is 2.70. The maximum atomic E-state index is 13.5. The van der Waals surface area contributed by atoms with Gasteiger partial charge in [0, 0.05) is 56.3 Å². The van der Waals surface area contributed by atoms with Crippen LogP contribution in [0, 0.1) is 0 Å².